The van der Waals surface area contributed by atoms with E-state index in [9.17, 15) is 14.4 Å². The van der Waals surface area contributed by atoms with Crippen molar-refractivity contribution < 1.29 is 29.0 Å². The first-order valence-electron chi connectivity index (χ1n) is 6.43. The molecule has 0 aliphatic carbocycles. The van der Waals surface area contributed by atoms with Crippen molar-refractivity contribution in [3.63, 3.8) is 0 Å². The first kappa shape index (κ1) is 16.7. The third-order valence-corrected chi connectivity index (χ3v) is 3.33. The van der Waals surface area contributed by atoms with Crippen LogP contribution < -0.4 is 5.32 Å². The van der Waals surface area contributed by atoms with Gasteiger partial charge in [0.05, 0.1) is 12.0 Å². The molecule has 1 saturated heterocycles. The van der Waals surface area contributed by atoms with Crippen LogP contribution in [0.1, 0.15) is 13.3 Å². The summed E-state index contributed by atoms with van der Waals surface area (Å²) in [5, 5.41) is 11.4. The first-order chi connectivity index (χ1) is 9.97. The number of carbonyl (C=O) groups is 3. The molecule has 0 spiro atoms. The van der Waals surface area contributed by atoms with Gasteiger partial charge in [0.15, 0.2) is 0 Å². The molecule has 2 N–H and O–H groups in total. The molecule has 3 atom stereocenters. The Morgan fingerprint density at radius 2 is 2.29 bits per heavy atom. The van der Waals surface area contributed by atoms with E-state index < -0.39 is 35.3 Å². The summed E-state index contributed by atoms with van der Waals surface area (Å²) >= 11 is 0. The molecule has 1 heterocycles. The van der Waals surface area contributed by atoms with Crippen molar-refractivity contribution in [2.45, 2.75) is 19.4 Å². The molecule has 8 nitrogen and oxygen atoms in total. The number of ketones is 1. The number of nitrogens with one attached hydrogen (secondary N) is 1. The number of ether oxygens (including phenoxy) is 1. The fourth-order valence-corrected chi connectivity index (χ4v) is 2.13. The highest BCUT2D eigenvalue weighted by atomic mass is 16.5. The van der Waals surface area contributed by atoms with Gasteiger partial charge >= 0.3 is 11.7 Å². The van der Waals surface area contributed by atoms with E-state index in [0.29, 0.717) is 0 Å². The molecule has 3 unspecified atom stereocenters. The smallest absolute Gasteiger partial charge is 0.441 e. The molecule has 1 rings (SSSR count). The predicted octanol–water partition coefficient (Wildman–Crippen LogP) is -0.911. The zero-order chi connectivity index (χ0) is 16.0. The quantitative estimate of drug-likeness (QED) is 0.114. The summed E-state index contributed by atoms with van der Waals surface area (Å²) in [6.45, 7) is 4.55. The summed E-state index contributed by atoms with van der Waals surface area (Å²) in [4.78, 5) is 37.8. The summed E-state index contributed by atoms with van der Waals surface area (Å²) in [6, 6.07) is -0.513. The molecule has 114 valence electrons. The molecular weight excluding hydrogens is 278 g/mol. The van der Waals surface area contributed by atoms with E-state index in [4.69, 9.17) is 10.6 Å². The Balaban J connectivity index is 2.77. The summed E-state index contributed by atoms with van der Waals surface area (Å²) in [6.07, 6.45) is 1.53. The van der Waals surface area contributed by atoms with Gasteiger partial charge in [-0.3, -0.25) is 9.59 Å². The van der Waals surface area contributed by atoms with Crippen LogP contribution in [0.25, 0.3) is 5.53 Å². The lowest BCUT2D eigenvalue weighted by Crippen LogP contribution is -2.63. The molecule has 1 fully saturated rings. The van der Waals surface area contributed by atoms with Gasteiger partial charge in [-0.15, -0.1) is 0 Å². The third-order valence-electron chi connectivity index (χ3n) is 3.33. The van der Waals surface area contributed by atoms with Crippen molar-refractivity contribution in [3.8, 4) is 0 Å². The predicted molar refractivity (Wildman–Crippen MR) is 71.1 cm³/mol. The average molecular weight is 295 g/mol. The topological polar surface area (TPSA) is 129 Å². The minimum absolute atomic E-state index is 0.118. The molecular formula is C13H17N3O5. The number of Topliss-reactive ketones (excluding diaryl/α,β-unsaturated/α-hetero) is 1. The van der Waals surface area contributed by atoms with Crippen molar-refractivity contribution in [2.75, 3.05) is 13.2 Å². The fourth-order valence-electron chi connectivity index (χ4n) is 2.13. The highest BCUT2D eigenvalue weighted by molar-refractivity contribution is 6.62. The Bertz CT molecular complexity index is 510. The average Bonchev–Trinajstić information content (AvgIpc) is 2.47. The lowest BCUT2D eigenvalue weighted by Gasteiger charge is -2.39. The van der Waals surface area contributed by atoms with E-state index >= 15 is 0 Å². The minimum Gasteiger partial charge on any atom is -0.453 e. The van der Waals surface area contributed by atoms with Crippen LogP contribution in [0.2, 0.25) is 0 Å². The zero-order valence-corrected chi connectivity index (χ0v) is 11.6. The normalized spacial score (nSPS) is 21.3. The molecule has 0 saturated carbocycles. The van der Waals surface area contributed by atoms with Gasteiger partial charge in [-0.05, 0) is 6.42 Å². The zero-order valence-electron chi connectivity index (χ0n) is 11.6. The van der Waals surface area contributed by atoms with E-state index in [1.165, 1.54) is 13.0 Å². The fraction of sp³-hybridized carbons (Fsp3) is 0.538. The van der Waals surface area contributed by atoms with Crippen LogP contribution in [-0.4, -0.2) is 52.5 Å². The van der Waals surface area contributed by atoms with Gasteiger partial charge in [0.25, 0.3) is 5.78 Å². The molecule has 0 aromatic rings. The van der Waals surface area contributed by atoms with Crippen molar-refractivity contribution >= 4 is 23.4 Å². The molecule has 1 amide bonds. The lowest BCUT2D eigenvalue weighted by molar-refractivity contribution is -0.143. The minimum atomic E-state index is -1.06. The molecule has 0 aromatic heterocycles. The number of carbonyl (C=O) groups excluding carboxylic acids is 3. The Labute approximate surface area is 121 Å². The van der Waals surface area contributed by atoms with E-state index in [0.717, 1.165) is 0 Å². The Kier molecular flexibility index (Phi) is 5.95. The monoisotopic (exact) mass is 295 g/mol. The number of nitrogens with zero attached hydrogens (tertiary/aromatic N) is 2. The SMILES string of the molecule is C=CCOC(=O)C(=[N+]=[N-])C(=O)C(C)C1NC(=O)C1CCO. The summed E-state index contributed by atoms with van der Waals surface area (Å²) in [5.74, 6) is -3.33. The van der Waals surface area contributed by atoms with Crippen molar-refractivity contribution in [3.05, 3.63) is 18.2 Å². The van der Waals surface area contributed by atoms with Crippen LogP contribution >= 0.6 is 0 Å². The molecule has 1 aliphatic rings. The molecule has 0 radical (unpaired) electrons. The van der Waals surface area contributed by atoms with Gasteiger partial charge in [-0.25, -0.2) is 4.79 Å². The van der Waals surface area contributed by atoms with Crippen molar-refractivity contribution in [1.29, 1.82) is 0 Å². The highest BCUT2D eigenvalue weighted by Gasteiger charge is 2.47. The number of esters is 1. The van der Waals surface area contributed by atoms with Crippen LogP contribution in [0.4, 0.5) is 0 Å². The van der Waals surface area contributed by atoms with Gasteiger partial charge < -0.3 is 20.7 Å². The number of β-lactam (4-membered cyclic amide) rings is 1. The van der Waals surface area contributed by atoms with E-state index in [2.05, 4.69) is 21.4 Å². The van der Waals surface area contributed by atoms with Crippen molar-refractivity contribution in [1.82, 2.24) is 5.32 Å². The molecule has 1 aliphatic heterocycles. The standard InChI is InChI=1S/C13H17N3O5/c1-3-6-21-13(20)10(16-14)11(18)7(2)9-8(4-5-17)12(19)15-9/h3,7-9,17H,1,4-6H2,2H3,(H,15,19). The third kappa shape index (κ3) is 3.62. The lowest BCUT2D eigenvalue weighted by atomic mass is 9.77. The molecule has 0 bridgehead atoms. The Morgan fingerprint density at radius 3 is 2.76 bits per heavy atom. The van der Waals surface area contributed by atoms with Crippen LogP contribution in [0.3, 0.4) is 0 Å². The van der Waals surface area contributed by atoms with E-state index in [1.54, 1.807) is 0 Å². The van der Waals surface area contributed by atoms with Crippen LogP contribution in [-0.2, 0) is 19.1 Å². The van der Waals surface area contributed by atoms with Crippen LogP contribution in [0.15, 0.2) is 12.7 Å². The van der Waals surface area contributed by atoms with Crippen LogP contribution in [0.5, 0.6) is 0 Å². The summed E-state index contributed by atoms with van der Waals surface area (Å²) < 4.78 is 4.65. The number of hydrogen-bond acceptors (Lipinski definition) is 5. The second-order valence-corrected chi connectivity index (χ2v) is 4.64. The van der Waals surface area contributed by atoms with Gasteiger partial charge in [0, 0.05) is 12.5 Å². The van der Waals surface area contributed by atoms with Crippen LogP contribution in [0, 0.1) is 11.8 Å². The highest BCUT2D eigenvalue weighted by Crippen LogP contribution is 2.25. The van der Waals surface area contributed by atoms with Gasteiger partial charge in [0.2, 0.25) is 5.91 Å². The van der Waals surface area contributed by atoms with Gasteiger partial charge in [-0.2, -0.15) is 4.79 Å². The van der Waals surface area contributed by atoms with E-state index in [-0.39, 0.29) is 25.5 Å². The van der Waals surface area contributed by atoms with Gasteiger partial charge in [-0.1, -0.05) is 19.6 Å². The maximum Gasteiger partial charge on any atom is 0.441 e. The number of aliphatic hydroxyl groups excluding tert-OH is 1. The Hall–Kier alpha value is -2.31. The van der Waals surface area contributed by atoms with Crippen molar-refractivity contribution in [2.24, 2.45) is 11.8 Å². The number of aliphatic hydroxyl groups is 1. The second kappa shape index (κ2) is 7.47. The Morgan fingerprint density at radius 1 is 1.62 bits per heavy atom. The molecule has 0 aromatic carbocycles. The number of amides is 1. The number of hydrogen-bond donors (Lipinski definition) is 2. The van der Waals surface area contributed by atoms with E-state index in [1.807, 2.05) is 0 Å². The number of rotatable bonds is 8. The largest absolute Gasteiger partial charge is 0.453 e. The molecule has 8 heteroatoms. The van der Waals surface area contributed by atoms with Gasteiger partial charge in [0.1, 0.15) is 6.61 Å². The first-order valence-corrected chi connectivity index (χ1v) is 6.43. The maximum atomic E-state index is 12.1. The second-order valence-electron chi connectivity index (χ2n) is 4.64. The summed E-state index contributed by atoms with van der Waals surface area (Å²) in [5.41, 5.74) is 8.09. The molecule has 21 heavy (non-hydrogen) atoms. The summed E-state index contributed by atoms with van der Waals surface area (Å²) in [7, 11) is 0. The maximum absolute atomic E-state index is 12.1.